The molecule has 3 rings (SSSR count). The van der Waals surface area contributed by atoms with Crippen molar-refractivity contribution in [2.75, 3.05) is 26.2 Å². The lowest BCUT2D eigenvalue weighted by Gasteiger charge is -2.27. The molecule has 1 unspecified atom stereocenters. The average molecular weight is 356 g/mol. The number of halogens is 2. The molecule has 8 heteroatoms. The molecule has 0 aliphatic carbocycles. The van der Waals surface area contributed by atoms with E-state index in [0.717, 1.165) is 25.9 Å². The first kappa shape index (κ1) is 17.1. The van der Waals surface area contributed by atoms with Crippen LogP contribution in [0.5, 0.6) is 0 Å². The number of hydrogen-bond acceptors (Lipinski definition) is 6. The number of β-amino-alcohol motifs (C(OH)–C–C–N with tert-alkyl or cyclic N) is 1. The minimum atomic E-state index is -0.655. The fourth-order valence-corrected chi connectivity index (χ4v) is 2.85. The van der Waals surface area contributed by atoms with Gasteiger partial charge in [-0.15, -0.1) is 0 Å². The van der Waals surface area contributed by atoms with Crippen molar-refractivity contribution < 1.29 is 18.8 Å². The number of oxazole rings is 1. The zero-order valence-electron chi connectivity index (χ0n) is 13.1. The number of oxime groups is 1. The third kappa shape index (κ3) is 4.23. The summed E-state index contributed by atoms with van der Waals surface area (Å²) in [6.45, 7) is 2.55. The van der Waals surface area contributed by atoms with Crippen LogP contribution in [0.25, 0.3) is 11.1 Å². The van der Waals surface area contributed by atoms with Gasteiger partial charge in [-0.05, 0) is 38.1 Å². The maximum atomic E-state index is 13.6. The Kier molecular flexibility index (Phi) is 5.65. The Hall–Kier alpha value is -1.70. The number of aliphatic hydroxyl groups excluding tert-OH is 1. The Bertz CT molecular complexity index is 716. The van der Waals surface area contributed by atoms with Crippen LogP contribution in [0.4, 0.5) is 4.39 Å². The highest BCUT2D eigenvalue weighted by Crippen LogP contribution is 2.20. The Labute approximate surface area is 143 Å². The van der Waals surface area contributed by atoms with Crippen molar-refractivity contribution >= 4 is 27.9 Å². The number of likely N-dealkylation sites (tertiary alicyclic amines) is 1. The molecule has 2 aromatic rings. The van der Waals surface area contributed by atoms with Crippen LogP contribution >= 0.6 is 11.6 Å². The van der Waals surface area contributed by atoms with E-state index in [2.05, 4.69) is 15.0 Å². The molecule has 24 heavy (non-hydrogen) atoms. The van der Waals surface area contributed by atoms with Crippen molar-refractivity contribution in [2.45, 2.75) is 25.4 Å². The highest BCUT2D eigenvalue weighted by atomic mass is 35.5. The van der Waals surface area contributed by atoms with E-state index in [1.54, 1.807) is 6.07 Å². The minimum Gasteiger partial charge on any atom is -0.431 e. The lowest BCUT2D eigenvalue weighted by molar-refractivity contribution is 0.0160. The van der Waals surface area contributed by atoms with Gasteiger partial charge in [-0.2, -0.15) is 0 Å². The van der Waals surface area contributed by atoms with E-state index in [1.165, 1.54) is 18.6 Å². The third-order valence-electron chi connectivity index (χ3n) is 3.87. The van der Waals surface area contributed by atoms with Gasteiger partial charge in [-0.25, -0.2) is 9.37 Å². The summed E-state index contributed by atoms with van der Waals surface area (Å²) >= 11 is 5.96. The van der Waals surface area contributed by atoms with E-state index in [4.69, 9.17) is 20.9 Å². The van der Waals surface area contributed by atoms with E-state index < -0.39 is 11.9 Å². The van der Waals surface area contributed by atoms with Gasteiger partial charge in [0, 0.05) is 6.54 Å². The molecule has 1 aromatic carbocycles. The number of fused-ring (bicyclic) bond motifs is 1. The van der Waals surface area contributed by atoms with Gasteiger partial charge in [0.2, 0.25) is 5.17 Å². The SMILES string of the molecule is OC(CO/N=C(\Cl)c1nc2cccc(F)c2o1)CN1CCCCC1. The van der Waals surface area contributed by atoms with Crippen LogP contribution in [0.15, 0.2) is 27.8 Å². The molecule has 0 saturated carbocycles. The number of piperidine rings is 1. The largest absolute Gasteiger partial charge is 0.431 e. The number of benzene rings is 1. The fourth-order valence-electron chi connectivity index (χ4n) is 2.72. The van der Waals surface area contributed by atoms with Gasteiger partial charge < -0.3 is 19.3 Å². The normalized spacial score (nSPS) is 18.0. The molecule has 6 nitrogen and oxygen atoms in total. The molecule has 1 aromatic heterocycles. The zero-order chi connectivity index (χ0) is 16.9. The van der Waals surface area contributed by atoms with Crippen LogP contribution in [-0.4, -0.2) is 52.5 Å². The predicted octanol–water partition coefficient (Wildman–Crippen LogP) is 2.73. The zero-order valence-corrected chi connectivity index (χ0v) is 13.9. The second-order valence-electron chi connectivity index (χ2n) is 5.80. The number of aromatic nitrogens is 1. The lowest BCUT2D eigenvalue weighted by atomic mass is 10.1. The summed E-state index contributed by atoms with van der Waals surface area (Å²) in [5.74, 6) is -0.545. The second-order valence-corrected chi connectivity index (χ2v) is 6.16. The van der Waals surface area contributed by atoms with Crippen LogP contribution in [0.1, 0.15) is 25.2 Å². The number of nitrogens with zero attached hydrogens (tertiary/aromatic N) is 3. The van der Waals surface area contributed by atoms with Crippen molar-refractivity contribution in [2.24, 2.45) is 5.16 Å². The van der Waals surface area contributed by atoms with Gasteiger partial charge in [0.15, 0.2) is 11.4 Å². The summed E-state index contributed by atoms with van der Waals surface area (Å²) in [6, 6.07) is 4.41. The molecule has 130 valence electrons. The van der Waals surface area contributed by atoms with Crippen molar-refractivity contribution in [3.8, 4) is 0 Å². The average Bonchev–Trinajstić information content (AvgIpc) is 3.01. The van der Waals surface area contributed by atoms with E-state index >= 15 is 0 Å². The smallest absolute Gasteiger partial charge is 0.262 e. The summed E-state index contributed by atoms with van der Waals surface area (Å²) in [7, 11) is 0. The van der Waals surface area contributed by atoms with Gasteiger partial charge in [-0.3, -0.25) is 0 Å². The Morgan fingerprint density at radius 3 is 2.96 bits per heavy atom. The van der Waals surface area contributed by atoms with Crippen LogP contribution < -0.4 is 0 Å². The second kappa shape index (κ2) is 7.92. The fraction of sp³-hybridized carbons (Fsp3) is 0.500. The standard InChI is InChI=1S/C16H19ClFN3O3/c17-15(16-19-13-6-4-5-12(18)14(13)24-16)20-23-10-11(22)9-21-7-2-1-3-8-21/h4-6,11,22H,1-3,7-10H2/b20-15-. The Balaban J connectivity index is 1.54. The molecule has 0 bridgehead atoms. The number of aliphatic hydroxyl groups is 1. The molecule has 0 radical (unpaired) electrons. The highest BCUT2D eigenvalue weighted by molar-refractivity contribution is 6.68. The molecule has 0 amide bonds. The van der Waals surface area contributed by atoms with E-state index in [9.17, 15) is 9.50 Å². The lowest BCUT2D eigenvalue weighted by Crippen LogP contribution is -2.38. The quantitative estimate of drug-likeness (QED) is 0.637. The summed E-state index contributed by atoms with van der Waals surface area (Å²) in [5, 5.41) is 13.5. The van der Waals surface area contributed by atoms with Gasteiger partial charge in [-0.1, -0.05) is 29.2 Å². The topological polar surface area (TPSA) is 71.1 Å². The first-order valence-electron chi connectivity index (χ1n) is 7.95. The van der Waals surface area contributed by atoms with Gasteiger partial charge in [0.05, 0.1) is 0 Å². The van der Waals surface area contributed by atoms with E-state index in [-0.39, 0.29) is 23.3 Å². The molecular formula is C16H19ClFN3O3. The summed E-state index contributed by atoms with van der Waals surface area (Å²) in [5.41, 5.74) is 0.370. The molecule has 1 saturated heterocycles. The van der Waals surface area contributed by atoms with E-state index in [0.29, 0.717) is 12.1 Å². The summed E-state index contributed by atoms with van der Waals surface area (Å²) < 4.78 is 18.8. The van der Waals surface area contributed by atoms with Crippen molar-refractivity contribution in [1.82, 2.24) is 9.88 Å². The number of hydrogen-bond donors (Lipinski definition) is 1. The minimum absolute atomic E-state index is 0.0152. The van der Waals surface area contributed by atoms with Gasteiger partial charge in [0.1, 0.15) is 18.2 Å². The summed E-state index contributed by atoms with van der Waals surface area (Å²) in [4.78, 5) is 11.3. The first-order chi connectivity index (χ1) is 11.6. The predicted molar refractivity (Wildman–Crippen MR) is 88.6 cm³/mol. The Morgan fingerprint density at radius 1 is 1.42 bits per heavy atom. The Morgan fingerprint density at radius 2 is 2.21 bits per heavy atom. The van der Waals surface area contributed by atoms with Gasteiger partial charge >= 0.3 is 0 Å². The molecule has 1 fully saturated rings. The van der Waals surface area contributed by atoms with Crippen LogP contribution in [0.2, 0.25) is 0 Å². The molecule has 0 spiro atoms. The maximum absolute atomic E-state index is 13.6. The number of para-hydroxylation sites is 1. The van der Waals surface area contributed by atoms with Crippen molar-refractivity contribution in [3.63, 3.8) is 0 Å². The molecule has 1 N–H and O–H groups in total. The number of rotatable bonds is 6. The van der Waals surface area contributed by atoms with Crippen molar-refractivity contribution in [1.29, 1.82) is 0 Å². The van der Waals surface area contributed by atoms with Crippen LogP contribution in [0, 0.1) is 5.82 Å². The highest BCUT2D eigenvalue weighted by Gasteiger charge is 2.16. The first-order valence-corrected chi connectivity index (χ1v) is 8.32. The van der Waals surface area contributed by atoms with Gasteiger partial charge in [0.25, 0.3) is 5.89 Å². The molecule has 1 aliphatic rings. The molecule has 1 atom stereocenters. The van der Waals surface area contributed by atoms with Crippen LogP contribution in [0.3, 0.4) is 0 Å². The maximum Gasteiger partial charge on any atom is 0.262 e. The third-order valence-corrected chi connectivity index (χ3v) is 4.10. The monoisotopic (exact) mass is 355 g/mol. The molecule has 2 heterocycles. The molecule has 1 aliphatic heterocycles. The van der Waals surface area contributed by atoms with E-state index in [1.807, 2.05) is 0 Å². The molecular weight excluding hydrogens is 337 g/mol. The van der Waals surface area contributed by atoms with Crippen LogP contribution in [-0.2, 0) is 4.84 Å². The summed E-state index contributed by atoms with van der Waals surface area (Å²) in [6.07, 6.45) is 2.91. The van der Waals surface area contributed by atoms with Crippen molar-refractivity contribution in [3.05, 3.63) is 29.9 Å².